The van der Waals surface area contributed by atoms with E-state index in [2.05, 4.69) is 15.3 Å². The van der Waals surface area contributed by atoms with Crippen LogP contribution in [0.25, 0.3) is 0 Å². The highest BCUT2D eigenvalue weighted by atomic mass is 19.1. The maximum Gasteiger partial charge on any atom is 0.270 e. The van der Waals surface area contributed by atoms with E-state index in [1.807, 2.05) is 19.1 Å². The number of benzene rings is 1. The minimum absolute atomic E-state index is 0.243. The maximum absolute atomic E-state index is 14.0. The van der Waals surface area contributed by atoms with E-state index in [1.165, 1.54) is 6.07 Å². The fraction of sp³-hybridized carbons (Fsp3) is 0.333. The molecule has 8 nitrogen and oxygen atoms in total. The number of pyridine rings is 2. The summed E-state index contributed by atoms with van der Waals surface area (Å²) < 4.78 is 24.8. The van der Waals surface area contributed by atoms with Gasteiger partial charge in [0.1, 0.15) is 17.7 Å². The van der Waals surface area contributed by atoms with E-state index in [0.717, 1.165) is 23.0 Å². The van der Waals surface area contributed by atoms with Crippen molar-refractivity contribution < 1.29 is 23.5 Å². The molecule has 1 N–H and O–H groups in total. The molecule has 0 saturated carbocycles. The molecule has 1 saturated heterocycles. The van der Waals surface area contributed by atoms with E-state index < -0.39 is 5.82 Å². The molecule has 0 spiro atoms. The van der Waals surface area contributed by atoms with Crippen molar-refractivity contribution >= 4 is 18.0 Å². The SMILES string of the molecule is COc1cc(CCN(C)c2ncccc2F)c(C=O)cc1Cc1ccc(C(=O)NC2(C)COC2)nc1. The average Bonchev–Trinajstić information content (AvgIpc) is 2.87. The Morgan fingerprint density at radius 2 is 2.06 bits per heavy atom. The highest BCUT2D eigenvalue weighted by molar-refractivity contribution is 5.92. The lowest BCUT2D eigenvalue weighted by Gasteiger charge is -2.38. The van der Waals surface area contributed by atoms with Crippen molar-refractivity contribution in [2.24, 2.45) is 0 Å². The standard InChI is InChI=1S/C27H29FN4O4/c1-27(16-36-17-27)31-26(34)23-7-6-18(14-30-23)11-20-12-21(15-33)19(13-24(20)35-3)8-10-32(2)25-22(28)5-4-9-29-25/h4-7,9,12-15H,8,10-11,16-17H2,1-3H3,(H,31,34). The molecule has 0 bridgehead atoms. The van der Waals surface area contributed by atoms with Crippen molar-refractivity contribution in [1.29, 1.82) is 0 Å². The number of halogens is 1. The van der Waals surface area contributed by atoms with Gasteiger partial charge in [-0.1, -0.05) is 6.07 Å². The molecular formula is C27H29FN4O4. The van der Waals surface area contributed by atoms with E-state index in [0.29, 0.717) is 49.6 Å². The molecule has 3 aromatic rings. The zero-order valence-corrected chi connectivity index (χ0v) is 20.6. The first kappa shape index (κ1) is 25.2. The number of hydrogen-bond donors (Lipinski definition) is 1. The number of hydrogen-bond acceptors (Lipinski definition) is 7. The van der Waals surface area contributed by atoms with Crippen molar-refractivity contribution in [3.63, 3.8) is 0 Å². The third-order valence-corrected chi connectivity index (χ3v) is 6.19. The molecule has 1 aromatic carbocycles. The molecule has 0 aliphatic carbocycles. The summed E-state index contributed by atoms with van der Waals surface area (Å²) in [5.41, 5.74) is 3.02. The first-order valence-electron chi connectivity index (χ1n) is 11.6. The summed E-state index contributed by atoms with van der Waals surface area (Å²) in [7, 11) is 3.34. The molecule has 0 unspecified atom stereocenters. The molecule has 2 aromatic heterocycles. The van der Waals surface area contributed by atoms with Gasteiger partial charge in [0.25, 0.3) is 5.91 Å². The number of nitrogens with one attached hydrogen (secondary N) is 1. The highest BCUT2D eigenvalue weighted by Gasteiger charge is 2.35. The van der Waals surface area contributed by atoms with Crippen LogP contribution in [0, 0.1) is 5.82 Å². The molecule has 188 valence electrons. The molecule has 0 atom stereocenters. The fourth-order valence-electron chi connectivity index (χ4n) is 4.09. The van der Waals surface area contributed by atoms with Crippen molar-refractivity contribution in [3.05, 3.63) is 82.6 Å². The molecule has 3 heterocycles. The van der Waals surface area contributed by atoms with Crippen molar-refractivity contribution in [3.8, 4) is 5.75 Å². The van der Waals surface area contributed by atoms with Gasteiger partial charge < -0.3 is 19.7 Å². The number of rotatable bonds is 10. The molecular weight excluding hydrogens is 463 g/mol. The lowest BCUT2D eigenvalue weighted by atomic mass is 9.97. The summed E-state index contributed by atoms with van der Waals surface area (Å²) in [6.07, 6.45) is 4.99. The number of anilines is 1. The Morgan fingerprint density at radius 3 is 2.67 bits per heavy atom. The van der Waals surface area contributed by atoms with E-state index in [1.54, 1.807) is 49.7 Å². The molecule has 1 amide bonds. The number of likely N-dealkylation sites (N-methyl/N-ethyl adjacent to an activating group) is 1. The Morgan fingerprint density at radius 1 is 1.25 bits per heavy atom. The average molecular weight is 493 g/mol. The first-order chi connectivity index (χ1) is 17.3. The van der Waals surface area contributed by atoms with Crippen LogP contribution in [-0.2, 0) is 17.6 Å². The molecule has 9 heteroatoms. The predicted octanol–water partition coefficient (Wildman–Crippen LogP) is 3.23. The number of aromatic nitrogens is 2. The summed E-state index contributed by atoms with van der Waals surface area (Å²) in [6.45, 7) is 3.37. The van der Waals surface area contributed by atoms with Crippen molar-refractivity contribution in [2.45, 2.75) is 25.3 Å². The second kappa shape index (κ2) is 10.8. The number of methoxy groups -OCH3 is 1. The van der Waals surface area contributed by atoms with E-state index in [-0.39, 0.29) is 17.3 Å². The largest absolute Gasteiger partial charge is 0.496 e. The Hall–Kier alpha value is -3.85. The van der Waals surface area contributed by atoms with Crippen LogP contribution >= 0.6 is 0 Å². The van der Waals surface area contributed by atoms with Gasteiger partial charge in [-0.25, -0.2) is 9.37 Å². The Kier molecular flexibility index (Phi) is 7.59. The number of amides is 1. The van der Waals surface area contributed by atoms with Gasteiger partial charge in [-0.15, -0.1) is 0 Å². The lowest BCUT2D eigenvalue weighted by Crippen LogP contribution is -2.60. The van der Waals surface area contributed by atoms with Crippen LogP contribution in [0.15, 0.2) is 48.8 Å². The minimum Gasteiger partial charge on any atom is -0.496 e. The van der Waals surface area contributed by atoms with E-state index in [4.69, 9.17) is 9.47 Å². The highest BCUT2D eigenvalue weighted by Crippen LogP contribution is 2.27. The summed E-state index contributed by atoms with van der Waals surface area (Å²) >= 11 is 0. The van der Waals surface area contributed by atoms with Crippen LogP contribution in [0.2, 0.25) is 0 Å². The number of carbonyl (C=O) groups is 2. The molecule has 1 aliphatic rings. The third kappa shape index (κ3) is 5.68. The van der Waals surface area contributed by atoms with Crippen molar-refractivity contribution in [2.75, 3.05) is 38.8 Å². The summed E-state index contributed by atoms with van der Waals surface area (Å²) in [4.78, 5) is 34.4. The molecule has 36 heavy (non-hydrogen) atoms. The Labute approximate surface area is 209 Å². The normalized spacial score (nSPS) is 14.0. The zero-order chi connectivity index (χ0) is 25.7. The van der Waals surface area contributed by atoms with Crippen molar-refractivity contribution in [1.82, 2.24) is 15.3 Å². The third-order valence-electron chi connectivity index (χ3n) is 6.19. The van der Waals surface area contributed by atoms with E-state index >= 15 is 0 Å². The zero-order valence-electron chi connectivity index (χ0n) is 20.6. The number of nitrogens with zero attached hydrogens (tertiary/aromatic N) is 3. The van der Waals surface area contributed by atoms with Gasteiger partial charge in [0.2, 0.25) is 0 Å². The van der Waals surface area contributed by atoms with Crippen LogP contribution in [0.5, 0.6) is 5.75 Å². The van der Waals surface area contributed by atoms with Gasteiger partial charge in [-0.3, -0.25) is 14.6 Å². The summed E-state index contributed by atoms with van der Waals surface area (Å²) in [5.74, 6) is 0.260. The number of aldehydes is 1. The van der Waals surface area contributed by atoms with Crippen LogP contribution in [0.4, 0.5) is 10.2 Å². The second-order valence-electron chi connectivity index (χ2n) is 9.20. The van der Waals surface area contributed by atoms with E-state index in [9.17, 15) is 14.0 Å². The Bertz CT molecular complexity index is 1250. The molecule has 0 radical (unpaired) electrons. The maximum atomic E-state index is 14.0. The van der Waals surface area contributed by atoms with Gasteiger partial charge >= 0.3 is 0 Å². The molecule has 1 aliphatic heterocycles. The van der Waals surface area contributed by atoms with Crippen LogP contribution in [0.1, 0.15) is 44.5 Å². The van der Waals surface area contributed by atoms with Crippen LogP contribution < -0.4 is 15.0 Å². The van der Waals surface area contributed by atoms with Crippen LogP contribution in [0.3, 0.4) is 0 Å². The van der Waals surface area contributed by atoms with Gasteiger partial charge in [-0.05, 0) is 60.4 Å². The predicted molar refractivity (Wildman–Crippen MR) is 133 cm³/mol. The van der Waals surface area contributed by atoms with Gasteiger partial charge in [-0.2, -0.15) is 0 Å². The monoisotopic (exact) mass is 492 g/mol. The van der Waals surface area contributed by atoms with Gasteiger partial charge in [0.05, 0.1) is 25.9 Å². The number of ether oxygens (including phenoxy) is 2. The Balaban J connectivity index is 1.46. The smallest absolute Gasteiger partial charge is 0.270 e. The quantitative estimate of drug-likeness (QED) is 0.435. The first-order valence-corrected chi connectivity index (χ1v) is 11.6. The molecule has 4 rings (SSSR count). The summed E-state index contributed by atoms with van der Waals surface area (Å²) in [5, 5.41) is 2.94. The lowest BCUT2D eigenvalue weighted by molar-refractivity contribution is -0.0594. The number of carbonyl (C=O) groups excluding carboxylic acids is 2. The molecule has 1 fully saturated rings. The van der Waals surface area contributed by atoms with Gasteiger partial charge in [0, 0.05) is 38.0 Å². The van der Waals surface area contributed by atoms with Gasteiger partial charge in [0.15, 0.2) is 11.6 Å². The summed E-state index contributed by atoms with van der Waals surface area (Å²) in [6, 6.07) is 10.1. The van der Waals surface area contributed by atoms with Crippen LogP contribution in [-0.4, -0.2) is 61.6 Å². The topological polar surface area (TPSA) is 93.7 Å². The fourth-order valence-corrected chi connectivity index (χ4v) is 4.09. The second-order valence-corrected chi connectivity index (χ2v) is 9.20. The minimum atomic E-state index is -0.396.